The van der Waals surface area contributed by atoms with Crippen LogP contribution >= 0.6 is 43.5 Å². The summed E-state index contributed by atoms with van der Waals surface area (Å²) in [4.78, 5) is 8.27. The van der Waals surface area contributed by atoms with Gasteiger partial charge in [-0.2, -0.15) is 0 Å². The van der Waals surface area contributed by atoms with Crippen LogP contribution in [0.5, 0.6) is 5.75 Å². The third-order valence-electron chi connectivity index (χ3n) is 2.10. The van der Waals surface area contributed by atoms with Gasteiger partial charge in [-0.1, -0.05) is 27.5 Å². The van der Waals surface area contributed by atoms with E-state index in [2.05, 4.69) is 41.8 Å². The normalized spacial score (nSPS) is 11.1. The summed E-state index contributed by atoms with van der Waals surface area (Å²) in [7, 11) is 0. The van der Waals surface area contributed by atoms with Gasteiger partial charge in [-0.05, 0) is 40.2 Å². The van der Waals surface area contributed by atoms with Crippen LogP contribution in [0.25, 0.3) is 0 Å². The number of hydrogen-bond donors (Lipinski definition) is 1. The van der Waals surface area contributed by atoms with Crippen LogP contribution in [0, 0.1) is 0 Å². The second-order valence-corrected chi connectivity index (χ2v) is 5.63. The number of aromatic hydroxyl groups is 1. The number of hydrogen-bond acceptors (Lipinski definition) is 3. The van der Waals surface area contributed by atoms with Crippen molar-refractivity contribution in [3.8, 4) is 5.75 Å². The zero-order chi connectivity index (χ0) is 13.1. The molecule has 2 rings (SSSR count). The van der Waals surface area contributed by atoms with E-state index >= 15 is 0 Å². The highest BCUT2D eigenvalue weighted by atomic mass is 79.9. The molecule has 0 saturated carbocycles. The number of aliphatic imine (C=N–C) groups is 1. The smallest absolute Gasteiger partial charge is 0.166 e. The Labute approximate surface area is 126 Å². The number of phenolic OH excluding ortho intramolecular Hbond substituents is 1. The van der Waals surface area contributed by atoms with Crippen molar-refractivity contribution in [2.45, 2.75) is 0 Å². The minimum Gasteiger partial charge on any atom is -0.507 e. The number of pyridine rings is 1. The van der Waals surface area contributed by atoms with Crippen LogP contribution in [0.2, 0.25) is 5.02 Å². The summed E-state index contributed by atoms with van der Waals surface area (Å²) >= 11 is 12.4. The zero-order valence-corrected chi connectivity index (χ0v) is 12.9. The van der Waals surface area contributed by atoms with Crippen molar-refractivity contribution < 1.29 is 5.11 Å². The summed E-state index contributed by atoms with van der Waals surface area (Å²) in [5.74, 6) is 0.658. The first-order chi connectivity index (χ1) is 8.56. The molecule has 18 heavy (non-hydrogen) atoms. The van der Waals surface area contributed by atoms with Gasteiger partial charge < -0.3 is 5.11 Å². The molecule has 2 aromatic rings. The molecular weight excluding hydrogens is 383 g/mol. The lowest BCUT2D eigenvalue weighted by molar-refractivity contribution is 0.474. The van der Waals surface area contributed by atoms with Gasteiger partial charge in [0.15, 0.2) is 5.82 Å². The molecule has 0 amide bonds. The summed E-state index contributed by atoms with van der Waals surface area (Å²) in [5.41, 5.74) is 0.605. The summed E-state index contributed by atoms with van der Waals surface area (Å²) < 4.78 is 1.56. The lowest BCUT2D eigenvalue weighted by Gasteiger charge is -2.00. The molecule has 0 radical (unpaired) electrons. The minimum atomic E-state index is 0.159. The second kappa shape index (κ2) is 5.82. The fourth-order valence-corrected chi connectivity index (χ4v) is 2.38. The molecule has 92 valence electrons. The van der Waals surface area contributed by atoms with Crippen molar-refractivity contribution >= 4 is 55.5 Å². The van der Waals surface area contributed by atoms with Crippen molar-refractivity contribution in [2.75, 3.05) is 0 Å². The van der Waals surface area contributed by atoms with E-state index in [0.29, 0.717) is 20.9 Å². The molecule has 0 fully saturated rings. The van der Waals surface area contributed by atoms with Crippen molar-refractivity contribution in [1.29, 1.82) is 0 Å². The van der Waals surface area contributed by atoms with E-state index in [1.807, 2.05) is 0 Å². The molecule has 3 nitrogen and oxygen atoms in total. The minimum absolute atomic E-state index is 0.159. The van der Waals surface area contributed by atoms with E-state index in [1.54, 1.807) is 30.5 Å². The highest BCUT2D eigenvalue weighted by Crippen LogP contribution is 2.26. The number of rotatable bonds is 2. The van der Waals surface area contributed by atoms with E-state index in [-0.39, 0.29) is 5.75 Å². The quantitative estimate of drug-likeness (QED) is 0.755. The Bertz CT molecular complexity index is 617. The summed E-state index contributed by atoms with van der Waals surface area (Å²) in [6.07, 6.45) is 3.06. The van der Waals surface area contributed by atoms with Crippen LogP contribution in [0.3, 0.4) is 0 Å². The van der Waals surface area contributed by atoms with E-state index in [1.165, 1.54) is 6.20 Å². The van der Waals surface area contributed by atoms with Gasteiger partial charge >= 0.3 is 0 Å². The number of benzene rings is 1. The second-order valence-electron chi connectivity index (χ2n) is 3.42. The summed E-state index contributed by atoms with van der Waals surface area (Å²) in [5, 5.41) is 10.2. The molecule has 0 bridgehead atoms. The lowest BCUT2D eigenvalue weighted by Crippen LogP contribution is -1.84. The van der Waals surface area contributed by atoms with Crippen molar-refractivity contribution in [3.63, 3.8) is 0 Å². The van der Waals surface area contributed by atoms with E-state index in [9.17, 15) is 5.11 Å². The average Bonchev–Trinajstić information content (AvgIpc) is 2.32. The predicted molar refractivity (Wildman–Crippen MR) is 80.0 cm³/mol. The third kappa shape index (κ3) is 3.31. The summed E-state index contributed by atoms with van der Waals surface area (Å²) in [6.45, 7) is 0. The van der Waals surface area contributed by atoms with E-state index in [4.69, 9.17) is 11.6 Å². The van der Waals surface area contributed by atoms with Gasteiger partial charge in [0.2, 0.25) is 0 Å². The molecule has 0 unspecified atom stereocenters. The Morgan fingerprint density at radius 1 is 1.28 bits per heavy atom. The number of aromatic nitrogens is 1. The van der Waals surface area contributed by atoms with Crippen LogP contribution in [-0.4, -0.2) is 16.3 Å². The number of phenols is 1. The Hall–Kier alpha value is -0.910. The molecule has 1 N–H and O–H groups in total. The molecule has 0 saturated heterocycles. The molecule has 1 aromatic carbocycles. The van der Waals surface area contributed by atoms with Crippen LogP contribution in [-0.2, 0) is 0 Å². The summed E-state index contributed by atoms with van der Waals surface area (Å²) in [6, 6.07) is 6.82. The third-order valence-corrected chi connectivity index (χ3v) is 3.39. The predicted octanol–water partition coefficient (Wildman–Crippen LogP) is 4.72. The van der Waals surface area contributed by atoms with Gasteiger partial charge in [0, 0.05) is 22.4 Å². The molecule has 1 heterocycles. The Morgan fingerprint density at radius 2 is 2.06 bits per heavy atom. The molecule has 0 aliphatic rings. The molecule has 6 heteroatoms. The average molecular weight is 390 g/mol. The van der Waals surface area contributed by atoms with Gasteiger partial charge in [-0.15, -0.1) is 0 Å². The first-order valence-corrected chi connectivity index (χ1v) is 6.86. The Kier molecular flexibility index (Phi) is 4.37. The van der Waals surface area contributed by atoms with Crippen LogP contribution in [0.15, 0.2) is 44.4 Å². The maximum atomic E-state index is 9.66. The highest BCUT2D eigenvalue weighted by Gasteiger charge is 2.02. The van der Waals surface area contributed by atoms with Crippen molar-refractivity contribution in [1.82, 2.24) is 4.98 Å². The van der Waals surface area contributed by atoms with Gasteiger partial charge in [0.1, 0.15) is 5.75 Å². The van der Waals surface area contributed by atoms with Crippen molar-refractivity contribution in [3.05, 3.63) is 50.0 Å². The maximum Gasteiger partial charge on any atom is 0.166 e. The molecular formula is C12H7Br2ClN2O. The molecule has 0 aliphatic heterocycles. The van der Waals surface area contributed by atoms with Gasteiger partial charge in [0.25, 0.3) is 0 Å². The topological polar surface area (TPSA) is 45.5 Å². The highest BCUT2D eigenvalue weighted by molar-refractivity contribution is 9.10. The first-order valence-electron chi connectivity index (χ1n) is 4.90. The van der Waals surface area contributed by atoms with Crippen molar-refractivity contribution in [2.24, 2.45) is 4.99 Å². The zero-order valence-electron chi connectivity index (χ0n) is 8.94. The fraction of sp³-hybridized carbons (Fsp3) is 0. The first kappa shape index (κ1) is 13.5. The van der Waals surface area contributed by atoms with Gasteiger partial charge in [0.05, 0.1) is 9.50 Å². The van der Waals surface area contributed by atoms with E-state index < -0.39 is 0 Å². The van der Waals surface area contributed by atoms with Gasteiger partial charge in [-0.3, -0.25) is 0 Å². The lowest BCUT2D eigenvalue weighted by atomic mass is 10.2. The molecule has 0 spiro atoms. The van der Waals surface area contributed by atoms with Crippen LogP contribution < -0.4 is 0 Å². The molecule has 0 atom stereocenters. The standard InChI is InChI=1S/C12H7Br2ClN2O/c13-8-1-2-11(18)7(3-8)5-16-12-10(14)4-9(15)6-17-12/h1-6,18H/b16-5+. The Balaban J connectivity index is 2.32. The maximum absolute atomic E-state index is 9.66. The number of nitrogens with zero attached hydrogens (tertiary/aromatic N) is 2. The van der Waals surface area contributed by atoms with E-state index in [0.717, 1.165) is 4.47 Å². The number of halogens is 3. The van der Waals surface area contributed by atoms with Crippen LogP contribution in [0.4, 0.5) is 5.82 Å². The van der Waals surface area contributed by atoms with Crippen LogP contribution in [0.1, 0.15) is 5.56 Å². The molecule has 0 aliphatic carbocycles. The monoisotopic (exact) mass is 388 g/mol. The molecule has 1 aromatic heterocycles. The largest absolute Gasteiger partial charge is 0.507 e. The van der Waals surface area contributed by atoms with Gasteiger partial charge in [-0.25, -0.2) is 9.98 Å². The SMILES string of the molecule is Oc1ccc(Br)cc1/C=N/c1ncc(Cl)cc1Br. The Morgan fingerprint density at radius 3 is 2.78 bits per heavy atom. The fourth-order valence-electron chi connectivity index (χ4n) is 1.26.